The molecule has 0 aliphatic heterocycles. The van der Waals surface area contributed by atoms with Crippen LogP contribution in [-0.2, 0) is 11.8 Å². The van der Waals surface area contributed by atoms with Crippen molar-refractivity contribution < 1.29 is 9.21 Å². The number of aromatic nitrogens is 1. The number of carbonyl (C=O) groups excluding carboxylic acids is 1. The number of nitrogens with zero attached hydrogens (tertiary/aromatic N) is 1. The molecular formula is C13H17N3O3. The van der Waals surface area contributed by atoms with Crippen LogP contribution in [0, 0.1) is 0 Å². The highest BCUT2D eigenvalue weighted by molar-refractivity contribution is 5.92. The van der Waals surface area contributed by atoms with Crippen molar-refractivity contribution in [3.05, 3.63) is 28.7 Å². The van der Waals surface area contributed by atoms with Crippen molar-refractivity contribution in [3.8, 4) is 0 Å². The number of nitrogens with one attached hydrogen (secondary N) is 1. The highest BCUT2D eigenvalue weighted by Gasteiger charge is 2.08. The summed E-state index contributed by atoms with van der Waals surface area (Å²) in [5.74, 6) is -0.523. The normalized spacial score (nSPS) is 12.6. The minimum Gasteiger partial charge on any atom is -0.408 e. The summed E-state index contributed by atoms with van der Waals surface area (Å²) >= 11 is 0. The second-order valence-corrected chi connectivity index (χ2v) is 4.67. The van der Waals surface area contributed by atoms with Crippen LogP contribution in [0.15, 0.2) is 27.4 Å². The first-order valence-corrected chi connectivity index (χ1v) is 6.12. The van der Waals surface area contributed by atoms with Gasteiger partial charge in [0.05, 0.1) is 5.52 Å². The van der Waals surface area contributed by atoms with Gasteiger partial charge in [0.25, 0.3) is 0 Å². The van der Waals surface area contributed by atoms with Crippen molar-refractivity contribution in [2.24, 2.45) is 12.8 Å². The van der Waals surface area contributed by atoms with E-state index in [0.717, 1.165) is 0 Å². The standard InChI is InChI=1S/C13H17N3O3/c1-8(14)3-6-12(17)15-9-4-5-10-11(7-9)19-13(18)16(10)2/h4-5,7-8H,3,6,14H2,1-2H3,(H,15,17). The zero-order valence-electron chi connectivity index (χ0n) is 11.0. The number of anilines is 1. The van der Waals surface area contributed by atoms with Gasteiger partial charge in [-0.1, -0.05) is 0 Å². The number of carbonyl (C=O) groups is 1. The van der Waals surface area contributed by atoms with E-state index in [9.17, 15) is 9.59 Å². The molecule has 0 saturated heterocycles. The molecule has 0 radical (unpaired) electrons. The number of fused-ring (bicyclic) bond motifs is 1. The number of nitrogens with two attached hydrogens (primary N) is 1. The van der Waals surface area contributed by atoms with E-state index in [2.05, 4.69) is 5.32 Å². The molecule has 2 rings (SSSR count). The zero-order chi connectivity index (χ0) is 14.0. The van der Waals surface area contributed by atoms with Gasteiger partial charge in [-0.3, -0.25) is 9.36 Å². The van der Waals surface area contributed by atoms with Crippen molar-refractivity contribution in [3.63, 3.8) is 0 Å². The van der Waals surface area contributed by atoms with Crippen molar-refractivity contribution in [1.82, 2.24) is 4.57 Å². The van der Waals surface area contributed by atoms with Gasteiger partial charge in [-0.15, -0.1) is 0 Å². The average Bonchev–Trinajstić information content (AvgIpc) is 2.62. The third-order valence-corrected chi connectivity index (χ3v) is 2.90. The molecule has 2 aromatic rings. The molecule has 0 fully saturated rings. The van der Waals surface area contributed by atoms with Gasteiger partial charge in [-0.25, -0.2) is 4.79 Å². The number of hydrogen-bond donors (Lipinski definition) is 2. The van der Waals surface area contributed by atoms with Crippen molar-refractivity contribution >= 4 is 22.7 Å². The SMILES string of the molecule is CC(N)CCC(=O)Nc1ccc2c(c1)oc(=O)n2C. The average molecular weight is 263 g/mol. The lowest BCUT2D eigenvalue weighted by atomic mass is 10.2. The molecule has 1 aromatic heterocycles. The molecule has 1 amide bonds. The summed E-state index contributed by atoms with van der Waals surface area (Å²) in [5.41, 5.74) is 7.35. The topological polar surface area (TPSA) is 90.3 Å². The van der Waals surface area contributed by atoms with Gasteiger partial charge in [0, 0.05) is 31.3 Å². The maximum Gasteiger partial charge on any atom is 0.419 e. The Bertz CT molecular complexity index is 655. The molecule has 102 valence electrons. The van der Waals surface area contributed by atoms with E-state index in [4.69, 9.17) is 10.2 Å². The molecular weight excluding hydrogens is 246 g/mol. The second kappa shape index (κ2) is 5.27. The first kappa shape index (κ1) is 13.4. The Morgan fingerprint density at radius 1 is 1.53 bits per heavy atom. The molecule has 0 aliphatic carbocycles. The van der Waals surface area contributed by atoms with E-state index in [-0.39, 0.29) is 11.9 Å². The first-order valence-electron chi connectivity index (χ1n) is 6.12. The Kier molecular flexibility index (Phi) is 3.71. The summed E-state index contributed by atoms with van der Waals surface area (Å²) in [6.07, 6.45) is 1.00. The summed E-state index contributed by atoms with van der Waals surface area (Å²) in [6, 6.07) is 5.11. The van der Waals surface area contributed by atoms with Crippen LogP contribution in [0.2, 0.25) is 0 Å². The third-order valence-electron chi connectivity index (χ3n) is 2.90. The van der Waals surface area contributed by atoms with Crippen LogP contribution in [0.3, 0.4) is 0 Å². The molecule has 0 aliphatic rings. The Morgan fingerprint density at radius 3 is 2.95 bits per heavy atom. The Labute approximate surface area is 110 Å². The number of oxazole rings is 1. The predicted octanol–water partition coefficient (Wildman–Crippen LogP) is 1.20. The number of amides is 1. The van der Waals surface area contributed by atoms with Crippen LogP contribution in [0.4, 0.5) is 5.69 Å². The minimum absolute atomic E-state index is 0.000347. The predicted molar refractivity (Wildman–Crippen MR) is 73.0 cm³/mol. The Balaban J connectivity index is 2.13. The van der Waals surface area contributed by atoms with Crippen molar-refractivity contribution in [1.29, 1.82) is 0 Å². The molecule has 1 aromatic carbocycles. The lowest BCUT2D eigenvalue weighted by molar-refractivity contribution is -0.116. The second-order valence-electron chi connectivity index (χ2n) is 4.67. The lowest BCUT2D eigenvalue weighted by Gasteiger charge is -2.06. The van der Waals surface area contributed by atoms with Crippen LogP contribution in [0.1, 0.15) is 19.8 Å². The fourth-order valence-electron chi connectivity index (χ4n) is 1.79. The van der Waals surface area contributed by atoms with E-state index in [0.29, 0.717) is 29.6 Å². The quantitative estimate of drug-likeness (QED) is 0.867. The maximum absolute atomic E-state index is 11.7. The van der Waals surface area contributed by atoms with E-state index < -0.39 is 5.76 Å². The van der Waals surface area contributed by atoms with Crippen LogP contribution in [-0.4, -0.2) is 16.5 Å². The minimum atomic E-state index is -0.421. The van der Waals surface area contributed by atoms with E-state index in [1.165, 1.54) is 4.57 Å². The Hall–Kier alpha value is -2.08. The highest BCUT2D eigenvalue weighted by Crippen LogP contribution is 2.18. The summed E-state index contributed by atoms with van der Waals surface area (Å²) in [7, 11) is 1.63. The smallest absolute Gasteiger partial charge is 0.408 e. The lowest BCUT2D eigenvalue weighted by Crippen LogP contribution is -2.19. The monoisotopic (exact) mass is 263 g/mol. The molecule has 19 heavy (non-hydrogen) atoms. The first-order chi connectivity index (χ1) is 8.97. The number of aryl methyl sites for hydroxylation is 1. The van der Waals surface area contributed by atoms with Gasteiger partial charge in [0.15, 0.2) is 5.58 Å². The summed E-state index contributed by atoms with van der Waals surface area (Å²) in [6.45, 7) is 1.86. The molecule has 0 bridgehead atoms. The van der Waals surface area contributed by atoms with Crippen LogP contribution in [0.5, 0.6) is 0 Å². The number of rotatable bonds is 4. The van der Waals surface area contributed by atoms with E-state index in [1.807, 2.05) is 6.92 Å². The summed E-state index contributed by atoms with van der Waals surface area (Å²) in [4.78, 5) is 23.0. The van der Waals surface area contributed by atoms with Gasteiger partial charge in [-0.2, -0.15) is 0 Å². The van der Waals surface area contributed by atoms with E-state index >= 15 is 0 Å². The third kappa shape index (κ3) is 3.03. The molecule has 1 unspecified atom stereocenters. The van der Waals surface area contributed by atoms with Gasteiger partial charge in [-0.05, 0) is 25.5 Å². The molecule has 6 nitrogen and oxygen atoms in total. The van der Waals surface area contributed by atoms with Crippen molar-refractivity contribution in [2.75, 3.05) is 5.32 Å². The molecule has 0 saturated carbocycles. The molecule has 1 heterocycles. The summed E-state index contributed by atoms with van der Waals surface area (Å²) in [5, 5.41) is 2.75. The molecule has 0 spiro atoms. The van der Waals surface area contributed by atoms with Crippen LogP contribution < -0.4 is 16.8 Å². The van der Waals surface area contributed by atoms with Gasteiger partial charge in [0.1, 0.15) is 0 Å². The van der Waals surface area contributed by atoms with Crippen LogP contribution >= 0.6 is 0 Å². The fraction of sp³-hybridized carbons (Fsp3) is 0.385. The highest BCUT2D eigenvalue weighted by atomic mass is 16.4. The van der Waals surface area contributed by atoms with E-state index in [1.54, 1.807) is 25.2 Å². The largest absolute Gasteiger partial charge is 0.419 e. The summed E-state index contributed by atoms with van der Waals surface area (Å²) < 4.78 is 6.47. The zero-order valence-corrected chi connectivity index (χ0v) is 11.0. The van der Waals surface area contributed by atoms with Gasteiger partial charge < -0.3 is 15.5 Å². The Morgan fingerprint density at radius 2 is 2.26 bits per heavy atom. The molecule has 6 heteroatoms. The fourth-order valence-corrected chi connectivity index (χ4v) is 1.79. The van der Waals surface area contributed by atoms with Crippen LogP contribution in [0.25, 0.3) is 11.1 Å². The maximum atomic E-state index is 11.7. The molecule has 3 N–H and O–H groups in total. The van der Waals surface area contributed by atoms with Crippen molar-refractivity contribution in [2.45, 2.75) is 25.8 Å². The number of hydrogen-bond acceptors (Lipinski definition) is 4. The number of benzene rings is 1. The van der Waals surface area contributed by atoms with Gasteiger partial charge in [0.2, 0.25) is 5.91 Å². The van der Waals surface area contributed by atoms with Gasteiger partial charge >= 0.3 is 5.76 Å². The molecule has 1 atom stereocenters.